The summed E-state index contributed by atoms with van der Waals surface area (Å²) in [7, 11) is 1.99. The highest BCUT2D eigenvalue weighted by Gasteiger charge is 2.15. The molecule has 0 aliphatic rings. The number of hydrogen-bond donors (Lipinski definition) is 2. The van der Waals surface area contributed by atoms with Gasteiger partial charge in [-0.05, 0) is 49.1 Å². The van der Waals surface area contributed by atoms with Gasteiger partial charge in [-0.1, -0.05) is 37.3 Å². The summed E-state index contributed by atoms with van der Waals surface area (Å²) in [4.78, 5) is 5.27. The van der Waals surface area contributed by atoms with Crippen LogP contribution in [0.4, 0.5) is 0 Å². The van der Waals surface area contributed by atoms with Gasteiger partial charge in [0, 0.05) is 19.2 Å². The van der Waals surface area contributed by atoms with Crippen molar-refractivity contribution in [3.63, 3.8) is 0 Å². The molecule has 148 valence electrons. The predicted octanol–water partition coefficient (Wildman–Crippen LogP) is 3.59. The van der Waals surface area contributed by atoms with Gasteiger partial charge in [0.05, 0.1) is 12.1 Å². The third-order valence-electron chi connectivity index (χ3n) is 5.09. The van der Waals surface area contributed by atoms with E-state index in [1.165, 1.54) is 16.7 Å². The van der Waals surface area contributed by atoms with E-state index >= 15 is 0 Å². The lowest BCUT2D eigenvalue weighted by atomic mass is 10.0. The molecule has 5 nitrogen and oxygen atoms in total. The number of fused-ring (bicyclic) bond motifs is 1. The summed E-state index contributed by atoms with van der Waals surface area (Å²) < 4.78 is 8.31. The van der Waals surface area contributed by atoms with Crippen molar-refractivity contribution in [2.24, 2.45) is 7.05 Å². The van der Waals surface area contributed by atoms with Crippen LogP contribution in [0.25, 0.3) is 11.0 Å². The molecule has 0 aliphatic carbocycles. The van der Waals surface area contributed by atoms with E-state index in [4.69, 9.17) is 22.1 Å². The van der Waals surface area contributed by atoms with Crippen molar-refractivity contribution in [1.82, 2.24) is 14.9 Å². The maximum absolute atomic E-state index is 9.06. The van der Waals surface area contributed by atoms with Crippen molar-refractivity contribution in [3.05, 3.63) is 58.4 Å². The molecule has 3 rings (SSSR count). The van der Waals surface area contributed by atoms with Gasteiger partial charge in [-0.15, -0.1) is 0 Å². The van der Waals surface area contributed by atoms with Crippen LogP contribution in [0, 0.1) is 13.8 Å². The van der Waals surface area contributed by atoms with Crippen LogP contribution in [0.15, 0.2) is 30.3 Å². The standard InChI is InChI=1S/C22H27N3O2S/c1-5-16-8-6-7-14(2)18(16)13-27-20-12-17(22(28)23-9-10-26)11-19-21(20)24-15(3)25(19)4/h6-8,11-12,26H,5,9-10,13H2,1-4H3,(H,23,28). The molecule has 2 N–H and O–H groups in total. The molecule has 2 aromatic carbocycles. The summed E-state index contributed by atoms with van der Waals surface area (Å²) in [6.07, 6.45) is 0.966. The summed E-state index contributed by atoms with van der Waals surface area (Å²) in [5.41, 5.74) is 6.40. The molecule has 0 amide bonds. The first-order chi connectivity index (χ1) is 13.5. The Hall–Kier alpha value is -2.44. The number of imidazole rings is 1. The van der Waals surface area contributed by atoms with Gasteiger partial charge in [-0.25, -0.2) is 4.98 Å². The van der Waals surface area contributed by atoms with Gasteiger partial charge in [0.25, 0.3) is 0 Å². The Morgan fingerprint density at radius 1 is 1.29 bits per heavy atom. The second-order valence-electron chi connectivity index (χ2n) is 6.89. The maximum Gasteiger partial charge on any atom is 0.148 e. The molecule has 0 bridgehead atoms. The lowest BCUT2D eigenvalue weighted by Crippen LogP contribution is -2.25. The molecular formula is C22H27N3O2S. The minimum atomic E-state index is 0.0314. The summed E-state index contributed by atoms with van der Waals surface area (Å²) >= 11 is 5.49. The van der Waals surface area contributed by atoms with Crippen molar-refractivity contribution in [2.45, 2.75) is 33.8 Å². The molecule has 0 radical (unpaired) electrons. The fourth-order valence-corrected chi connectivity index (χ4v) is 3.56. The molecule has 0 saturated heterocycles. The van der Waals surface area contributed by atoms with Crippen LogP contribution in [0.3, 0.4) is 0 Å². The Morgan fingerprint density at radius 3 is 2.79 bits per heavy atom. The second-order valence-corrected chi connectivity index (χ2v) is 7.30. The predicted molar refractivity (Wildman–Crippen MR) is 117 cm³/mol. The van der Waals surface area contributed by atoms with Crippen LogP contribution < -0.4 is 10.1 Å². The highest BCUT2D eigenvalue weighted by Crippen LogP contribution is 2.29. The quantitative estimate of drug-likeness (QED) is 0.597. The lowest BCUT2D eigenvalue weighted by molar-refractivity contribution is 0.301. The average Bonchev–Trinajstić information content (AvgIpc) is 2.99. The summed E-state index contributed by atoms with van der Waals surface area (Å²) in [6.45, 7) is 7.18. The third-order valence-corrected chi connectivity index (χ3v) is 5.47. The first kappa shape index (κ1) is 20.3. The number of thiocarbonyl (C=S) groups is 1. The molecule has 28 heavy (non-hydrogen) atoms. The smallest absolute Gasteiger partial charge is 0.148 e. The number of rotatable bonds is 7. The number of aryl methyl sites for hydroxylation is 4. The average molecular weight is 398 g/mol. The molecule has 0 fully saturated rings. The molecule has 1 aromatic heterocycles. The molecule has 6 heteroatoms. The zero-order chi connectivity index (χ0) is 20.3. The van der Waals surface area contributed by atoms with Crippen LogP contribution >= 0.6 is 12.2 Å². The van der Waals surface area contributed by atoms with E-state index in [0.717, 1.165) is 34.6 Å². The molecule has 0 saturated carbocycles. The topological polar surface area (TPSA) is 59.3 Å². The van der Waals surface area contributed by atoms with E-state index in [2.05, 4.69) is 42.3 Å². The van der Waals surface area contributed by atoms with Gasteiger partial charge in [0.1, 0.15) is 28.7 Å². The van der Waals surface area contributed by atoms with Gasteiger partial charge >= 0.3 is 0 Å². The number of nitrogens with zero attached hydrogens (tertiary/aromatic N) is 2. The van der Waals surface area contributed by atoms with Crippen molar-refractivity contribution >= 4 is 28.2 Å². The van der Waals surface area contributed by atoms with E-state index in [-0.39, 0.29) is 6.61 Å². The number of ether oxygens (including phenoxy) is 1. The highest BCUT2D eigenvalue weighted by molar-refractivity contribution is 7.80. The summed E-state index contributed by atoms with van der Waals surface area (Å²) in [5, 5.41) is 12.1. The Balaban J connectivity index is 2.00. The monoisotopic (exact) mass is 397 g/mol. The Morgan fingerprint density at radius 2 is 2.07 bits per heavy atom. The van der Waals surface area contributed by atoms with E-state index < -0.39 is 0 Å². The molecule has 1 heterocycles. The normalized spacial score (nSPS) is 11.0. The van der Waals surface area contributed by atoms with Crippen LogP contribution in [0.5, 0.6) is 5.75 Å². The summed E-state index contributed by atoms with van der Waals surface area (Å²) in [5.74, 6) is 1.63. The Kier molecular flexibility index (Phi) is 6.31. The highest BCUT2D eigenvalue weighted by atomic mass is 32.1. The number of nitrogens with one attached hydrogen (secondary N) is 1. The minimum Gasteiger partial charge on any atom is -0.487 e. The van der Waals surface area contributed by atoms with E-state index in [0.29, 0.717) is 18.1 Å². The SMILES string of the molecule is CCc1cccc(C)c1COc1cc(C(=S)NCCO)cc2c1nc(C)n2C. The van der Waals surface area contributed by atoms with Crippen LogP contribution in [-0.2, 0) is 20.1 Å². The van der Waals surface area contributed by atoms with Crippen LogP contribution in [0.2, 0.25) is 0 Å². The molecular weight excluding hydrogens is 370 g/mol. The minimum absolute atomic E-state index is 0.0314. The van der Waals surface area contributed by atoms with Gasteiger partial charge in [0.2, 0.25) is 0 Å². The Bertz CT molecular complexity index is 1010. The first-order valence-electron chi connectivity index (χ1n) is 9.52. The van der Waals surface area contributed by atoms with E-state index in [1.807, 2.05) is 30.7 Å². The zero-order valence-corrected chi connectivity index (χ0v) is 17.7. The number of hydrogen-bond acceptors (Lipinski definition) is 4. The Labute approximate surface area is 171 Å². The first-order valence-corrected chi connectivity index (χ1v) is 9.93. The van der Waals surface area contributed by atoms with Crippen molar-refractivity contribution in [3.8, 4) is 5.75 Å². The van der Waals surface area contributed by atoms with E-state index in [1.54, 1.807) is 0 Å². The third kappa shape index (κ3) is 4.03. The number of aliphatic hydroxyl groups is 1. The molecule has 0 spiro atoms. The summed E-state index contributed by atoms with van der Waals surface area (Å²) in [6, 6.07) is 10.3. The lowest BCUT2D eigenvalue weighted by Gasteiger charge is -2.15. The number of aromatic nitrogens is 2. The fourth-order valence-electron chi connectivity index (χ4n) is 3.34. The fraction of sp³-hybridized carbons (Fsp3) is 0.364. The van der Waals surface area contributed by atoms with E-state index in [9.17, 15) is 0 Å². The van der Waals surface area contributed by atoms with Crippen molar-refractivity contribution in [2.75, 3.05) is 13.2 Å². The van der Waals surface area contributed by atoms with Gasteiger partial charge in [0.15, 0.2) is 0 Å². The van der Waals surface area contributed by atoms with Gasteiger partial charge in [-0.2, -0.15) is 0 Å². The van der Waals surface area contributed by atoms with Crippen LogP contribution in [-0.4, -0.2) is 32.8 Å². The molecule has 0 unspecified atom stereocenters. The van der Waals surface area contributed by atoms with Crippen molar-refractivity contribution < 1.29 is 9.84 Å². The van der Waals surface area contributed by atoms with Gasteiger partial charge in [-0.3, -0.25) is 0 Å². The molecule has 0 aliphatic heterocycles. The van der Waals surface area contributed by atoms with Gasteiger partial charge < -0.3 is 19.7 Å². The molecule has 3 aromatic rings. The largest absolute Gasteiger partial charge is 0.487 e. The molecule has 0 atom stereocenters. The second kappa shape index (κ2) is 8.71. The number of benzene rings is 2. The number of aliphatic hydroxyl groups excluding tert-OH is 1. The van der Waals surface area contributed by atoms with Crippen LogP contribution in [0.1, 0.15) is 35.0 Å². The zero-order valence-electron chi connectivity index (χ0n) is 16.9. The maximum atomic E-state index is 9.06. The van der Waals surface area contributed by atoms with Crippen molar-refractivity contribution in [1.29, 1.82) is 0 Å².